The summed E-state index contributed by atoms with van der Waals surface area (Å²) in [6.45, 7) is 4.09. The van der Waals surface area contributed by atoms with E-state index in [0.717, 1.165) is 44.7 Å². The van der Waals surface area contributed by atoms with Crippen LogP contribution >= 0.6 is 0 Å². The fourth-order valence-corrected chi connectivity index (χ4v) is 3.70. The number of hydrogen-bond donors (Lipinski definition) is 1. The molecule has 4 rings (SSSR count). The molecule has 0 saturated carbocycles. The van der Waals surface area contributed by atoms with Crippen molar-refractivity contribution >= 4 is 28.3 Å². The molecule has 2 aromatic carbocycles. The Labute approximate surface area is 161 Å². The molecule has 0 aliphatic heterocycles. The molecule has 0 spiro atoms. The summed E-state index contributed by atoms with van der Waals surface area (Å²) in [5.41, 5.74) is 4.25. The van der Waals surface area contributed by atoms with E-state index in [0.29, 0.717) is 0 Å². The van der Waals surface area contributed by atoms with Gasteiger partial charge in [-0.05, 0) is 29.7 Å². The van der Waals surface area contributed by atoms with Crippen molar-refractivity contribution < 1.29 is 14.3 Å². The van der Waals surface area contributed by atoms with Crippen LogP contribution in [0.5, 0.6) is 0 Å². The summed E-state index contributed by atoms with van der Waals surface area (Å²) in [6.07, 6.45) is 4.56. The van der Waals surface area contributed by atoms with Crippen molar-refractivity contribution in [3.8, 4) is 11.1 Å². The molecule has 0 unspecified atom stereocenters. The van der Waals surface area contributed by atoms with Crippen molar-refractivity contribution in [2.24, 2.45) is 0 Å². The Morgan fingerprint density at radius 1 is 1.14 bits per heavy atom. The molecule has 0 aliphatic rings. The molecule has 0 aliphatic carbocycles. The van der Waals surface area contributed by atoms with E-state index < -0.39 is 5.97 Å². The Morgan fingerprint density at radius 3 is 2.54 bits per heavy atom. The van der Waals surface area contributed by atoms with Gasteiger partial charge in [0.2, 0.25) is 0 Å². The van der Waals surface area contributed by atoms with Gasteiger partial charge in [-0.2, -0.15) is 5.10 Å². The highest BCUT2D eigenvalue weighted by Gasteiger charge is 2.22. The van der Waals surface area contributed by atoms with Crippen molar-refractivity contribution in [2.45, 2.75) is 19.8 Å². The van der Waals surface area contributed by atoms with Gasteiger partial charge >= 0.3 is 5.97 Å². The molecule has 4 aromatic rings. The molecule has 28 heavy (non-hydrogen) atoms. The highest BCUT2D eigenvalue weighted by Crippen LogP contribution is 2.39. The second-order valence-corrected chi connectivity index (χ2v) is 7.00. The minimum atomic E-state index is -1.02. The number of fused-ring (bicyclic) bond motifs is 3. The van der Waals surface area contributed by atoms with Crippen LogP contribution in [0.1, 0.15) is 31.0 Å². The SMILES string of the molecule is CC(C)c1c(/C=C/C(=O)O)c(-c2ccc(F)cc2)c2c3ccccc3cnn12. The number of carbonyl (C=O) groups is 1. The van der Waals surface area contributed by atoms with E-state index in [1.807, 2.05) is 48.8 Å². The van der Waals surface area contributed by atoms with Gasteiger partial charge in [-0.1, -0.05) is 50.2 Å². The molecule has 1 N–H and O–H groups in total. The average molecular weight is 374 g/mol. The average Bonchev–Trinajstić information content (AvgIpc) is 3.02. The standard InChI is InChI=1S/C23H19FN2O2/c1-14(2)22-19(11-12-20(27)28)21(15-7-9-17(24)10-8-15)23-18-6-4-3-5-16(18)13-25-26(22)23/h3-14H,1-2H3,(H,27,28)/b12-11+. The van der Waals surface area contributed by atoms with Gasteiger partial charge in [-0.15, -0.1) is 0 Å². The van der Waals surface area contributed by atoms with Crippen molar-refractivity contribution in [1.82, 2.24) is 9.61 Å². The van der Waals surface area contributed by atoms with E-state index in [4.69, 9.17) is 0 Å². The maximum absolute atomic E-state index is 13.5. The molecule has 0 fully saturated rings. The third kappa shape index (κ3) is 2.95. The lowest BCUT2D eigenvalue weighted by Gasteiger charge is -2.08. The van der Waals surface area contributed by atoms with Gasteiger partial charge in [0.05, 0.1) is 17.4 Å². The first-order valence-corrected chi connectivity index (χ1v) is 9.06. The summed E-state index contributed by atoms with van der Waals surface area (Å²) in [6, 6.07) is 14.2. The van der Waals surface area contributed by atoms with Crippen LogP contribution in [0.4, 0.5) is 4.39 Å². The quantitative estimate of drug-likeness (QED) is 0.479. The summed E-state index contributed by atoms with van der Waals surface area (Å²) in [4.78, 5) is 11.2. The molecule has 0 amide bonds. The number of carboxylic acid groups (broad SMARTS) is 1. The summed E-state index contributed by atoms with van der Waals surface area (Å²) in [5.74, 6) is -1.24. The zero-order valence-corrected chi connectivity index (χ0v) is 15.6. The molecule has 4 nitrogen and oxygen atoms in total. The number of aliphatic carboxylic acids is 1. The minimum Gasteiger partial charge on any atom is -0.478 e. The number of halogens is 1. The first-order valence-electron chi connectivity index (χ1n) is 9.06. The van der Waals surface area contributed by atoms with Crippen molar-refractivity contribution in [1.29, 1.82) is 0 Å². The second-order valence-electron chi connectivity index (χ2n) is 7.00. The predicted octanol–water partition coefficient (Wildman–Crippen LogP) is 5.51. The molecule has 0 radical (unpaired) electrons. The second kappa shape index (κ2) is 6.93. The molecule has 0 saturated heterocycles. The normalized spacial score (nSPS) is 11.9. The van der Waals surface area contributed by atoms with Crippen LogP contribution in [0, 0.1) is 5.82 Å². The van der Waals surface area contributed by atoms with E-state index in [1.165, 1.54) is 12.1 Å². The maximum Gasteiger partial charge on any atom is 0.328 e. The zero-order chi connectivity index (χ0) is 19.8. The molecular formula is C23H19FN2O2. The highest BCUT2D eigenvalue weighted by molar-refractivity contribution is 6.06. The van der Waals surface area contributed by atoms with E-state index in [2.05, 4.69) is 5.10 Å². The Kier molecular flexibility index (Phi) is 4.43. The molecule has 0 bridgehead atoms. The molecule has 0 atom stereocenters. The monoisotopic (exact) mass is 374 g/mol. The van der Waals surface area contributed by atoms with Crippen LogP contribution in [-0.4, -0.2) is 20.7 Å². The Bertz CT molecular complexity index is 1220. The zero-order valence-electron chi connectivity index (χ0n) is 15.6. The molecular weight excluding hydrogens is 355 g/mol. The van der Waals surface area contributed by atoms with Crippen LogP contribution in [0.15, 0.2) is 60.8 Å². The van der Waals surface area contributed by atoms with E-state index >= 15 is 0 Å². The fraction of sp³-hybridized carbons (Fsp3) is 0.130. The Morgan fingerprint density at radius 2 is 1.86 bits per heavy atom. The largest absolute Gasteiger partial charge is 0.478 e. The third-order valence-corrected chi connectivity index (χ3v) is 4.82. The summed E-state index contributed by atoms with van der Waals surface area (Å²) >= 11 is 0. The third-order valence-electron chi connectivity index (χ3n) is 4.82. The van der Waals surface area contributed by atoms with Crippen molar-refractivity contribution in [2.75, 3.05) is 0 Å². The van der Waals surface area contributed by atoms with Gasteiger partial charge in [0.15, 0.2) is 0 Å². The molecule has 140 valence electrons. The molecule has 2 aromatic heterocycles. The van der Waals surface area contributed by atoms with Crippen molar-refractivity contribution in [3.05, 3.63) is 77.9 Å². The van der Waals surface area contributed by atoms with Crippen LogP contribution in [0.2, 0.25) is 0 Å². The lowest BCUT2D eigenvalue weighted by molar-refractivity contribution is -0.131. The van der Waals surface area contributed by atoms with Gasteiger partial charge in [0.25, 0.3) is 0 Å². The lowest BCUT2D eigenvalue weighted by atomic mass is 9.96. The first kappa shape index (κ1) is 17.9. The fourth-order valence-electron chi connectivity index (χ4n) is 3.70. The number of benzene rings is 2. The van der Waals surface area contributed by atoms with E-state index in [9.17, 15) is 14.3 Å². The number of nitrogens with zero attached hydrogens (tertiary/aromatic N) is 2. The van der Waals surface area contributed by atoms with Gasteiger partial charge in [-0.3, -0.25) is 0 Å². The first-order chi connectivity index (χ1) is 13.5. The number of carboxylic acids is 1. The minimum absolute atomic E-state index is 0.101. The van der Waals surface area contributed by atoms with E-state index in [1.54, 1.807) is 18.2 Å². The molecule has 2 heterocycles. The number of aromatic nitrogens is 2. The van der Waals surface area contributed by atoms with Crippen LogP contribution < -0.4 is 0 Å². The van der Waals surface area contributed by atoms with Crippen molar-refractivity contribution in [3.63, 3.8) is 0 Å². The number of rotatable bonds is 4. The Hall–Kier alpha value is -3.47. The van der Waals surface area contributed by atoms with Gasteiger partial charge in [0, 0.05) is 28.0 Å². The molecule has 5 heteroatoms. The summed E-state index contributed by atoms with van der Waals surface area (Å²) < 4.78 is 15.4. The number of hydrogen-bond acceptors (Lipinski definition) is 2. The maximum atomic E-state index is 13.5. The van der Waals surface area contributed by atoms with Gasteiger partial charge in [0.1, 0.15) is 5.82 Å². The van der Waals surface area contributed by atoms with Gasteiger partial charge < -0.3 is 5.11 Å². The highest BCUT2D eigenvalue weighted by atomic mass is 19.1. The van der Waals surface area contributed by atoms with Gasteiger partial charge in [-0.25, -0.2) is 13.7 Å². The van der Waals surface area contributed by atoms with Crippen LogP contribution in [0.25, 0.3) is 33.5 Å². The summed E-state index contributed by atoms with van der Waals surface area (Å²) in [7, 11) is 0. The summed E-state index contributed by atoms with van der Waals surface area (Å²) in [5, 5.41) is 15.8. The van der Waals surface area contributed by atoms with Crippen LogP contribution in [-0.2, 0) is 4.79 Å². The Balaban J connectivity index is 2.21. The lowest BCUT2D eigenvalue weighted by Crippen LogP contribution is -2.00. The predicted molar refractivity (Wildman–Crippen MR) is 109 cm³/mol. The smallest absolute Gasteiger partial charge is 0.328 e. The van der Waals surface area contributed by atoms with Crippen LogP contribution in [0.3, 0.4) is 0 Å². The topological polar surface area (TPSA) is 54.6 Å². The van der Waals surface area contributed by atoms with E-state index in [-0.39, 0.29) is 11.7 Å².